The molecule has 5 aromatic heterocycles. The van der Waals surface area contributed by atoms with Crippen LogP contribution in [0.2, 0.25) is 0 Å². The number of aromatic amines is 1. The Balaban J connectivity index is 1.48. The summed E-state index contributed by atoms with van der Waals surface area (Å²) in [5, 5.41) is 12.1. The van der Waals surface area contributed by atoms with Crippen LogP contribution in [-0.2, 0) is 6.42 Å². The number of aromatic nitrogens is 8. The number of hydrogen-bond acceptors (Lipinski definition) is 9. The number of carbonyl (C=O) groups is 2. The molecule has 0 aromatic carbocycles. The van der Waals surface area contributed by atoms with E-state index in [4.69, 9.17) is 10.7 Å². The molecular weight excluding hydrogens is 536 g/mol. The van der Waals surface area contributed by atoms with Gasteiger partial charge in [0, 0.05) is 42.2 Å². The molecule has 13 nitrogen and oxygen atoms in total. The van der Waals surface area contributed by atoms with E-state index in [9.17, 15) is 14.4 Å². The Morgan fingerprint density at radius 3 is 2.62 bits per heavy atom. The topological polar surface area (TPSA) is 170 Å². The van der Waals surface area contributed by atoms with Crippen LogP contribution in [0.15, 0.2) is 60.0 Å². The van der Waals surface area contributed by atoms with Gasteiger partial charge >= 0.3 is 0 Å². The SMILES string of the molecule is CCCN(C(=O)c1nnc[nH]1)[C@H](CC)CCc1nc2c(-c3ccc(-n4ccccc4=O)nc3)cnn2c(N)c1C(C)=O. The Bertz CT molecular complexity index is 1770. The van der Waals surface area contributed by atoms with Crippen LogP contribution < -0.4 is 11.3 Å². The van der Waals surface area contributed by atoms with Gasteiger partial charge in [0.05, 0.1) is 17.5 Å². The number of nitrogen functional groups attached to an aromatic ring is 1. The molecule has 0 fully saturated rings. The highest BCUT2D eigenvalue weighted by molar-refractivity contribution is 6.00. The van der Waals surface area contributed by atoms with Crippen LogP contribution >= 0.6 is 0 Å². The van der Waals surface area contributed by atoms with Gasteiger partial charge in [0.25, 0.3) is 11.5 Å². The third kappa shape index (κ3) is 5.40. The fourth-order valence-corrected chi connectivity index (χ4v) is 5.16. The van der Waals surface area contributed by atoms with Gasteiger partial charge < -0.3 is 15.6 Å². The monoisotopic (exact) mass is 568 g/mol. The number of ketones is 1. The molecule has 0 aliphatic rings. The number of H-pyrrole nitrogens is 1. The summed E-state index contributed by atoms with van der Waals surface area (Å²) in [6.45, 7) is 6.04. The molecule has 0 spiro atoms. The second-order valence-corrected chi connectivity index (χ2v) is 9.92. The van der Waals surface area contributed by atoms with Crippen molar-refractivity contribution in [3.63, 3.8) is 0 Å². The number of anilines is 1. The average Bonchev–Trinajstić information content (AvgIpc) is 3.68. The number of fused-ring (bicyclic) bond motifs is 1. The zero-order chi connectivity index (χ0) is 29.8. The first-order valence-corrected chi connectivity index (χ1v) is 13.8. The number of amides is 1. The number of Topliss-reactive ketones (excluding diaryl/α,β-unsaturated/α-hetero) is 1. The van der Waals surface area contributed by atoms with Crippen molar-refractivity contribution in [2.75, 3.05) is 12.3 Å². The molecule has 0 unspecified atom stereocenters. The standard InChI is InChI=1S/C29H32N10O3/c1-4-13-37(29(42)27-32-17-33-36-27)20(5-2)10-11-22-25(18(3)40)26(30)39-28(35-22)21(16-34-39)19-9-12-23(31-15-19)38-14-7-6-8-24(38)41/h6-9,12,14-17,20H,4-5,10-11,13,30H2,1-3H3,(H,32,33,36)/t20-/m1/s1. The third-order valence-corrected chi connectivity index (χ3v) is 7.21. The van der Waals surface area contributed by atoms with Crippen molar-refractivity contribution in [2.24, 2.45) is 0 Å². The van der Waals surface area contributed by atoms with E-state index in [0.29, 0.717) is 54.1 Å². The van der Waals surface area contributed by atoms with Gasteiger partial charge in [-0.25, -0.2) is 9.97 Å². The zero-order valence-electron chi connectivity index (χ0n) is 23.7. The minimum absolute atomic E-state index is 0.121. The number of nitrogens with zero attached hydrogens (tertiary/aromatic N) is 8. The van der Waals surface area contributed by atoms with Gasteiger partial charge in [-0.05, 0) is 50.8 Å². The molecule has 0 saturated carbocycles. The van der Waals surface area contributed by atoms with E-state index in [2.05, 4.69) is 25.3 Å². The van der Waals surface area contributed by atoms with E-state index >= 15 is 0 Å². The van der Waals surface area contributed by atoms with E-state index in [-0.39, 0.29) is 34.9 Å². The highest BCUT2D eigenvalue weighted by atomic mass is 16.2. The van der Waals surface area contributed by atoms with Crippen LogP contribution in [0.25, 0.3) is 22.6 Å². The maximum atomic E-state index is 13.2. The molecule has 3 N–H and O–H groups in total. The summed E-state index contributed by atoms with van der Waals surface area (Å²) in [5.41, 5.74) is 9.04. The fraction of sp³-hybridized carbons (Fsp3) is 0.310. The summed E-state index contributed by atoms with van der Waals surface area (Å²) in [4.78, 5) is 52.1. The predicted molar refractivity (Wildman–Crippen MR) is 156 cm³/mol. The van der Waals surface area contributed by atoms with Crippen LogP contribution in [0, 0.1) is 0 Å². The van der Waals surface area contributed by atoms with E-state index < -0.39 is 0 Å². The van der Waals surface area contributed by atoms with Crippen molar-refractivity contribution in [3.8, 4) is 16.9 Å². The largest absolute Gasteiger partial charge is 0.383 e. The summed E-state index contributed by atoms with van der Waals surface area (Å²) in [7, 11) is 0. The van der Waals surface area contributed by atoms with Gasteiger partial charge in [-0.3, -0.25) is 19.0 Å². The molecule has 0 radical (unpaired) electrons. The van der Waals surface area contributed by atoms with Crippen molar-refractivity contribution < 1.29 is 9.59 Å². The number of nitrogens with two attached hydrogens (primary N) is 1. The van der Waals surface area contributed by atoms with Gasteiger partial charge in [-0.15, -0.1) is 10.2 Å². The molecule has 216 valence electrons. The summed E-state index contributed by atoms with van der Waals surface area (Å²) < 4.78 is 2.91. The molecule has 0 aliphatic carbocycles. The number of carbonyl (C=O) groups excluding carboxylic acids is 2. The molecule has 5 rings (SSSR count). The lowest BCUT2D eigenvalue weighted by Crippen LogP contribution is -2.41. The van der Waals surface area contributed by atoms with Crippen LogP contribution in [0.5, 0.6) is 0 Å². The highest BCUT2D eigenvalue weighted by Gasteiger charge is 2.27. The Morgan fingerprint density at radius 1 is 1.14 bits per heavy atom. The van der Waals surface area contributed by atoms with Crippen molar-refractivity contribution >= 4 is 23.2 Å². The lowest BCUT2D eigenvalue weighted by molar-refractivity contribution is 0.0650. The minimum atomic E-state index is -0.220. The molecule has 0 saturated heterocycles. The maximum absolute atomic E-state index is 13.2. The third-order valence-electron chi connectivity index (χ3n) is 7.21. The lowest BCUT2D eigenvalue weighted by Gasteiger charge is -2.30. The van der Waals surface area contributed by atoms with Crippen LogP contribution in [0.3, 0.4) is 0 Å². The summed E-state index contributed by atoms with van der Waals surface area (Å²) in [5.74, 6) is 0.434. The molecule has 0 bridgehead atoms. The van der Waals surface area contributed by atoms with Crippen LogP contribution in [0.1, 0.15) is 66.7 Å². The minimum Gasteiger partial charge on any atom is -0.383 e. The Kier molecular flexibility index (Phi) is 8.18. The zero-order valence-corrected chi connectivity index (χ0v) is 23.7. The van der Waals surface area contributed by atoms with E-state index in [1.165, 1.54) is 28.4 Å². The molecule has 0 aliphatic heterocycles. The first-order chi connectivity index (χ1) is 20.3. The Morgan fingerprint density at radius 2 is 1.98 bits per heavy atom. The van der Waals surface area contributed by atoms with Gasteiger partial charge in [0.15, 0.2) is 11.4 Å². The molecule has 42 heavy (non-hydrogen) atoms. The van der Waals surface area contributed by atoms with Gasteiger partial charge in [0.1, 0.15) is 18.0 Å². The van der Waals surface area contributed by atoms with Crippen molar-refractivity contribution in [1.82, 2.24) is 44.2 Å². The summed E-state index contributed by atoms with van der Waals surface area (Å²) in [6.07, 6.45) is 8.76. The Hall–Kier alpha value is -5.20. The lowest BCUT2D eigenvalue weighted by atomic mass is 10.0. The normalized spacial score (nSPS) is 12.0. The number of hydrogen-bond donors (Lipinski definition) is 2. The van der Waals surface area contributed by atoms with Gasteiger partial charge in [-0.1, -0.05) is 19.9 Å². The summed E-state index contributed by atoms with van der Waals surface area (Å²) >= 11 is 0. The van der Waals surface area contributed by atoms with Crippen molar-refractivity contribution in [2.45, 2.75) is 52.5 Å². The number of pyridine rings is 2. The number of aryl methyl sites for hydroxylation is 1. The van der Waals surface area contributed by atoms with Gasteiger partial charge in [0.2, 0.25) is 5.82 Å². The second-order valence-electron chi connectivity index (χ2n) is 9.92. The quantitative estimate of drug-likeness (QED) is 0.227. The maximum Gasteiger partial charge on any atom is 0.291 e. The average molecular weight is 569 g/mol. The predicted octanol–water partition coefficient (Wildman–Crippen LogP) is 3.11. The molecule has 5 aromatic rings. The first kappa shape index (κ1) is 28.3. The number of rotatable bonds is 11. The molecule has 13 heteroatoms. The smallest absolute Gasteiger partial charge is 0.291 e. The van der Waals surface area contributed by atoms with Crippen molar-refractivity contribution in [1.29, 1.82) is 0 Å². The molecule has 1 atom stereocenters. The molecule has 5 heterocycles. The highest BCUT2D eigenvalue weighted by Crippen LogP contribution is 2.28. The summed E-state index contributed by atoms with van der Waals surface area (Å²) in [6, 6.07) is 8.36. The molecule has 1 amide bonds. The van der Waals surface area contributed by atoms with E-state index in [1.807, 2.05) is 19.9 Å². The van der Waals surface area contributed by atoms with E-state index in [0.717, 1.165) is 12.0 Å². The van der Waals surface area contributed by atoms with Crippen LogP contribution in [0.4, 0.5) is 5.82 Å². The van der Waals surface area contributed by atoms with Gasteiger partial charge in [-0.2, -0.15) is 9.61 Å². The first-order valence-electron chi connectivity index (χ1n) is 13.8. The fourth-order valence-electron chi connectivity index (χ4n) is 5.16. The van der Waals surface area contributed by atoms with Crippen LogP contribution in [-0.4, -0.2) is 68.5 Å². The van der Waals surface area contributed by atoms with Crippen molar-refractivity contribution in [3.05, 3.63) is 82.7 Å². The van der Waals surface area contributed by atoms with E-state index in [1.54, 1.807) is 41.7 Å². The molecular formula is C29H32N10O3. The number of nitrogens with one attached hydrogen (secondary N) is 1. The second kappa shape index (κ2) is 12.1. The Labute approximate surface area is 241 Å².